The molecule has 3 N–H and O–H groups in total. The van der Waals surface area contributed by atoms with Crippen LogP contribution in [-0.2, 0) is 0 Å². The van der Waals surface area contributed by atoms with Crippen molar-refractivity contribution in [3.05, 3.63) is 17.7 Å². The molecule has 0 radical (unpaired) electrons. The molecule has 102 valence electrons. The molecule has 0 saturated carbocycles. The second kappa shape index (κ2) is 5.95. The smallest absolute Gasteiger partial charge is 0.168 e. The quantitative estimate of drug-likeness (QED) is 0.734. The van der Waals surface area contributed by atoms with Crippen molar-refractivity contribution in [3.63, 3.8) is 0 Å². The minimum Gasteiger partial charge on any atom is -0.396 e. The first-order valence-electron chi connectivity index (χ1n) is 5.88. The number of hydrogen-bond acceptors (Lipinski definition) is 4. The van der Waals surface area contributed by atoms with Crippen LogP contribution in [-0.4, -0.2) is 29.3 Å². The highest BCUT2D eigenvalue weighted by atomic mass is 19.1. The molecule has 0 aliphatic carbocycles. The van der Waals surface area contributed by atoms with E-state index in [0.717, 1.165) is 6.07 Å². The van der Waals surface area contributed by atoms with Crippen molar-refractivity contribution in [3.8, 4) is 0 Å². The Bertz CT molecular complexity index is 415. The van der Waals surface area contributed by atoms with Gasteiger partial charge in [0.15, 0.2) is 23.3 Å². The molecule has 6 heteroatoms. The zero-order valence-electron chi connectivity index (χ0n) is 10.8. The normalized spacial score (nSPS) is 14.1. The Morgan fingerprint density at radius 2 is 1.94 bits per heavy atom. The van der Waals surface area contributed by atoms with Crippen LogP contribution in [0.4, 0.5) is 20.4 Å². The maximum absolute atomic E-state index is 13.6. The van der Waals surface area contributed by atoms with Crippen LogP contribution in [0.3, 0.4) is 0 Å². The van der Waals surface area contributed by atoms with Crippen LogP contribution in [0.5, 0.6) is 0 Å². The Labute approximate surface area is 105 Å². The van der Waals surface area contributed by atoms with Gasteiger partial charge in [-0.25, -0.2) is 13.8 Å². The fourth-order valence-corrected chi connectivity index (χ4v) is 1.59. The Morgan fingerprint density at radius 3 is 2.44 bits per heavy atom. The van der Waals surface area contributed by atoms with E-state index in [-0.39, 0.29) is 18.2 Å². The zero-order valence-corrected chi connectivity index (χ0v) is 10.8. The van der Waals surface area contributed by atoms with Gasteiger partial charge >= 0.3 is 0 Å². The van der Waals surface area contributed by atoms with Crippen LogP contribution >= 0.6 is 0 Å². The third-order valence-electron chi connectivity index (χ3n) is 3.03. The Balaban J connectivity index is 3.02. The zero-order chi connectivity index (χ0) is 13.8. The molecule has 0 aliphatic heterocycles. The van der Waals surface area contributed by atoms with Crippen LogP contribution in [0.15, 0.2) is 6.07 Å². The van der Waals surface area contributed by atoms with Gasteiger partial charge < -0.3 is 15.7 Å². The molecule has 4 nitrogen and oxygen atoms in total. The summed E-state index contributed by atoms with van der Waals surface area (Å²) < 4.78 is 26.9. The first-order chi connectivity index (χ1) is 8.45. The molecule has 1 aromatic heterocycles. The predicted octanol–water partition coefficient (Wildman–Crippen LogP) is 2.36. The topological polar surface area (TPSA) is 57.2 Å². The Kier molecular flexibility index (Phi) is 4.84. The predicted molar refractivity (Wildman–Crippen MR) is 67.7 cm³/mol. The van der Waals surface area contributed by atoms with Gasteiger partial charge in [0.2, 0.25) is 0 Å². The summed E-state index contributed by atoms with van der Waals surface area (Å²) in [6.07, 6.45) is 1.14. The molecule has 1 heterocycles. The first-order valence-corrected chi connectivity index (χ1v) is 5.88. The number of nitrogens with zero attached hydrogens (tertiary/aromatic N) is 1. The molecule has 0 spiro atoms. The van der Waals surface area contributed by atoms with Gasteiger partial charge in [-0.1, -0.05) is 6.92 Å². The molecule has 0 amide bonds. The van der Waals surface area contributed by atoms with Gasteiger partial charge in [0, 0.05) is 25.3 Å². The van der Waals surface area contributed by atoms with E-state index in [1.807, 2.05) is 13.8 Å². The number of aliphatic hydroxyl groups excluding tert-OH is 1. The summed E-state index contributed by atoms with van der Waals surface area (Å²) in [5.41, 5.74) is -0.481. The van der Waals surface area contributed by atoms with E-state index in [9.17, 15) is 8.78 Å². The maximum Gasteiger partial charge on any atom is 0.168 e. The fourth-order valence-electron chi connectivity index (χ4n) is 1.59. The minimum atomic E-state index is -0.746. The van der Waals surface area contributed by atoms with Crippen LogP contribution in [0.2, 0.25) is 0 Å². The minimum absolute atomic E-state index is 0.0126. The lowest BCUT2D eigenvalue weighted by Crippen LogP contribution is -2.36. The van der Waals surface area contributed by atoms with Gasteiger partial charge in [0.05, 0.1) is 0 Å². The van der Waals surface area contributed by atoms with E-state index in [0.29, 0.717) is 12.8 Å². The number of anilines is 2. The maximum atomic E-state index is 13.6. The molecular weight excluding hydrogens is 240 g/mol. The summed E-state index contributed by atoms with van der Waals surface area (Å²) >= 11 is 0. The van der Waals surface area contributed by atoms with Crippen LogP contribution in [0.25, 0.3) is 0 Å². The number of pyridine rings is 1. The molecule has 1 rings (SSSR count). The van der Waals surface area contributed by atoms with Gasteiger partial charge in [-0.3, -0.25) is 0 Å². The molecular formula is C12H19F2N3O. The number of nitrogens with one attached hydrogen (secondary N) is 2. The van der Waals surface area contributed by atoms with Gasteiger partial charge in [0.25, 0.3) is 0 Å². The van der Waals surface area contributed by atoms with E-state index in [1.54, 1.807) is 0 Å². The summed E-state index contributed by atoms with van der Waals surface area (Å²) in [6, 6.07) is 0.788. The lowest BCUT2D eigenvalue weighted by molar-refractivity contribution is 0.251. The Morgan fingerprint density at radius 1 is 1.33 bits per heavy atom. The van der Waals surface area contributed by atoms with Gasteiger partial charge in [-0.15, -0.1) is 0 Å². The monoisotopic (exact) mass is 259 g/mol. The summed E-state index contributed by atoms with van der Waals surface area (Å²) in [5.74, 6) is -1.51. The van der Waals surface area contributed by atoms with E-state index in [1.165, 1.54) is 7.05 Å². The average molecular weight is 259 g/mol. The summed E-state index contributed by atoms with van der Waals surface area (Å²) in [7, 11) is 1.51. The summed E-state index contributed by atoms with van der Waals surface area (Å²) in [6.45, 7) is 3.76. The second-order valence-electron chi connectivity index (χ2n) is 4.41. The van der Waals surface area contributed by atoms with Crippen molar-refractivity contribution in [2.24, 2.45) is 0 Å². The lowest BCUT2D eigenvalue weighted by atomic mass is 9.95. The van der Waals surface area contributed by atoms with Crippen molar-refractivity contribution in [2.75, 3.05) is 24.3 Å². The van der Waals surface area contributed by atoms with Gasteiger partial charge in [-0.2, -0.15) is 0 Å². The van der Waals surface area contributed by atoms with Crippen molar-refractivity contribution in [1.29, 1.82) is 0 Å². The van der Waals surface area contributed by atoms with Crippen LogP contribution in [0.1, 0.15) is 26.7 Å². The molecule has 0 aliphatic rings. The SMILES string of the molecule is CCC(C)(CCO)Nc1nc(NC)c(F)cc1F. The molecule has 1 atom stereocenters. The molecule has 18 heavy (non-hydrogen) atoms. The number of aliphatic hydroxyl groups is 1. The molecule has 1 aromatic rings. The number of hydrogen-bond donors (Lipinski definition) is 3. The van der Waals surface area contributed by atoms with E-state index >= 15 is 0 Å². The van der Waals surface area contributed by atoms with Crippen molar-refractivity contribution in [1.82, 2.24) is 4.98 Å². The highest BCUT2D eigenvalue weighted by molar-refractivity contribution is 5.48. The molecule has 0 bridgehead atoms. The van der Waals surface area contributed by atoms with E-state index < -0.39 is 17.2 Å². The van der Waals surface area contributed by atoms with Crippen molar-refractivity contribution >= 4 is 11.6 Å². The molecule has 0 saturated heterocycles. The number of halogens is 2. The van der Waals surface area contributed by atoms with Gasteiger partial charge in [0.1, 0.15) is 0 Å². The largest absolute Gasteiger partial charge is 0.396 e. The van der Waals surface area contributed by atoms with Crippen molar-refractivity contribution < 1.29 is 13.9 Å². The molecule has 0 fully saturated rings. The second-order valence-corrected chi connectivity index (χ2v) is 4.41. The molecule has 0 aromatic carbocycles. The third-order valence-corrected chi connectivity index (χ3v) is 3.03. The highest BCUT2D eigenvalue weighted by Gasteiger charge is 2.24. The van der Waals surface area contributed by atoms with Gasteiger partial charge in [-0.05, 0) is 19.8 Å². The average Bonchev–Trinajstić information content (AvgIpc) is 2.33. The standard InChI is InChI=1S/C12H19F2N3O/c1-4-12(2,5-6-18)17-11-9(14)7-8(13)10(15-3)16-11/h7,18H,4-6H2,1-3H3,(H2,15,16,17). The number of aromatic nitrogens is 1. The summed E-state index contributed by atoms with van der Waals surface area (Å²) in [5, 5.41) is 14.5. The highest BCUT2D eigenvalue weighted by Crippen LogP contribution is 2.25. The summed E-state index contributed by atoms with van der Waals surface area (Å²) in [4.78, 5) is 3.85. The third kappa shape index (κ3) is 3.29. The van der Waals surface area contributed by atoms with E-state index in [4.69, 9.17) is 5.11 Å². The van der Waals surface area contributed by atoms with E-state index in [2.05, 4.69) is 15.6 Å². The number of rotatable bonds is 6. The molecule has 1 unspecified atom stereocenters. The first kappa shape index (κ1) is 14.6. The Hall–Kier alpha value is -1.43. The lowest BCUT2D eigenvalue weighted by Gasteiger charge is -2.29. The fraction of sp³-hybridized carbons (Fsp3) is 0.583. The van der Waals surface area contributed by atoms with Crippen LogP contribution < -0.4 is 10.6 Å². The van der Waals surface area contributed by atoms with Crippen molar-refractivity contribution in [2.45, 2.75) is 32.2 Å². The van der Waals surface area contributed by atoms with Crippen LogP contribution in [0, 0.1) is 11.6 Å².